The van der Waals surface area contributed by atoms with Crippen LogP contribution in [0.4, 0.5) is 5.69 Å². The molecule has 0 fully saturated rings. The minimum absolute atomic E-state index is 0.0416. The van der Waals surface area contributed by atoms with Crippen molar-refractivity contribution in [2.24, 2.45) is 0 Å². The molecule has 2 aromatic carbocycles. The number of hydrogen-bond donors (Lipinski definition) is 2. The SMILES string of the molecule is CC(C)Oc1ccc(NC(=O)CNS(=O)(=O)c2ccc(Cl)cc2)cc1. The predicted octanol–water partition coefficient (Wildman–Crippen LogP) is 3.04. The summed E-state index contributed by atoms with van der Waals surface area (Å²) in [6.45, 7) is 3.46. The van der Waals surface area contributed by atoms with E-state index in [1.165, 1.54) is 24.3 Å². The van der Waals surface area contributed by atoms with Gasteiger partial charge in [-0.05, 0) is 62.4 Å². The van der Waals surface area contributed by atoms with Crippen LogP contribution in [0.3, 0.4) is 0 Å². The second-order valence-corrected chi connectivity index (χ2v) is 7.72. The summed E-state index contributed by atoms with van der Waals surface area (Å²) in [6, 6.07) is 12.5. The Morgan fingerprint density at radius 2 is 1.68 bits per heavy atom. The Balaban J connectivity index is 1.90. The lowest BCUT2D eigenvalue weighted by Crippen LogP contribution is -2.32. The van der Waals surface area contributed by atoms with Gasteiger partial charge in [0.1, 0.15) is 5.75 Å². The lowest BCUT2D eigenvalue weighted by atomic mass is 10.3. The Labute approximate surface area is 152 Å². The van der Waals surface area contributed by atoms with Gasteiger partial charge in [-0.25, -0.2) is 13.1 Å². The molecule has 0 unspecified atom stereocenters. The van der Waals surface area contributed by atoms with Crippen molar-refractivity contribution in [1.82, 2.24) is 4.72 Å². The molecule has 0 bridgehead atoms. The van der Waals surface area contributed by atoms with Crippen molar-refractivity contribution >= 4 is 33.2 Å². The molecule has 2 N–H and O–H groups in total. The number of ether oxygens (including phenoxy) is 1. The minimum atomic E-state index is -3.77. The van der Waals surface area contributed by atoms with E-state index in [4.69, 9.17) is 16.3 Å². The van der Waals surface area contributed by atoms with Crippen molar-refractivity contribution in [3.05, 3.63) is 53.6 Å². The zero-order valence-electron chi connectivity index (χ0n) is 13.8. The van der Waals surface area contributed by atoms with Gasteiger partial charge in [0.2, 0.25) is 15.9 Å². The van der Waals surface area contributed by atoms with Crippen LogP contribution in [-0.2, 0) is 14.8 Å². The molecule has 25 heavy (non-hydrogen) atoms. The average Bonchev–Trinajstić information content (AvgIpc) is 2.55. The number of hydrogen-bond acceptors (Lipinski definition) is 4. The number of carbonyl (C=O) groups excluding carboxylic acids is 1. The fraction of sp³-hybridized carbons (Fsp3) is 0.235. The molecular weight excluding hydrogens is 364 g/mol. The van der Waals surface area contributed by atoms with E-state index in [1.54, 1.807) is 24.3 Å². The molecule has 0 spiro atoms. The number of sulfonamides is 1. The van der Waals surface area contributed by atoms with Crippen molar-refractivity contribution < 1.29 is 17.9 Å². The maximum atomic E-state index is 12.1. The van der Waals surface area contributed by atoms with Crippen molar-refractivity contribution in [3.63, 3.8) is 0 Å². The number of benzene rings is 2. The molecule has 6 nitrogen and oxygen atoms in total. The standard InChI is InChI=1S/C17H19ClN2O4S/c1-12(2)24-15-7-5-14(6-8-15)20-17(21)11-19-25(22,23)16-9-3-13(18)4-10-16/h3-10,12,19H,11H2,1-2H3,(H,20,21). The van der Waals surface area contributed by atoms with Gasteiger partial charge in [0.25, 0.3) is 0 Å². The summed E-state index contributed by atoms with van der Waals surface area (Å²) in [5, 5.41) is 3.05. The molecule has 1 amide bonds. The summed E-state index contributed by atoms with van der Waals surface area (Å²) in [5.41, 5.74) is 0.548. The molecule has 0 saturated carbocycles. The first kappa shape index (κ1) is 19.2. The fourth-order valence-corrected chi connectivity index (χ4v) is 3.06. The minimum Gasteiger partial charge on any atom is -0.491 e. The number of halogens is 1. The van der Waals surface area contributed by atoms with Gasteiger partial charge in [0.15, 0.2) is 0 Å². The van der Waals surface area contributed by atoms with E-state index < -0.39 is 15.9 Å². The van der Waals surface area contributed by atoms with Crippen LogP contribution < -0.4 is 14.8 Å². The van der Waals surface area contributed by atoms with Gasteiger partial charge in [-0.2, -0.15) is 0 Å². The molecule has 0 saturated heterocycles. The van der Waals surface area contributed by atoms with Gasteiger partial charge in [-0.1, -0.05) is 11.6 Å². The van der Waals surface area contributed by atoms with E-state index in [1.807, 2.05) is 13.8 Å². The molecular formula is C17H19ClN2O4S. The Kier molecular flexibility index (Phi) is 6.41. The first-order valence-electron chi connectivity index (χ1n) is 7.58. The Hall–Kier alpha value is -2.09. The summed E-state index contributed by atoms with van der Waals surface area (Å²) in [7, 11) is -3.77. The Morgan fingerprint density at radius 3 is 2.24 bits per heavy atom. The third-order valence-electron chi connectivity index (χ3n) is 3.06. The van der Waals surface area contributed by atoms with Gasteiger partial charge in [-0.3, -0.25) is 4.79 Å². The molecule has 2 rings (SSSR count). The highest BCUT2D eigenvalue weighted by Crippen LogP contribution is 2.17. The second kappa shape index (κ2) is 8.33. The number of carbonyl (C=O) groups is 1. The molecule has 0 aromatic heterocycles. The lowest BCUT2D eigenvalue weighted by Gasteiger charge is -2.11. The van der Waals surface area contributed by atoms with Crippen LogP contribution in [0.15, 0.2) is 53.4 Å². The topological polar surface area (TPSA) is 84.5 Å². The van der Waals surface area contributed by atoms with Gasteiger partial charge in [-0.15, -0.1) is 0 Å². The summed E-state index contributed by atoms with van der Waals surface area (Å²) in [5.74, 6) is 0.214. The summed E-state index contributed by atoms with van der Waals surface area (Å²) in [6.07, 6.45) is 0.0581. The quantitative estimate of drug-likeness (QED) is 0.770. The highest BCUT2D eigenvalue weighted by molar-refractivity contribution is 7.89. The fourth-order valence-electron chi connectivity index (χ4n) is 1.95. The number of amides is 1. The smallest absolute Gasteiger partial charge is 0.241 e. The molecule has 0 atom stereocenters. The van der Waals surface area contributed by atoms with Crippen LogP contribution in [0.1, 0.15) is 13.8 Å². The average molecular weight is 383 g/mol. The highest BCUT2D eigenvalue weighted by atomic mass is 35.5. The van der Waals surface area contributed by atoms with E-state index in [9.17, 15) is 13.2 Å². The molecule has 0 aliphatic heterocycles. The third kappa shape index (κ3) is 6.04. The van der Waals surface area contributed by atoms with Gasteiger partial charge in [0, 0.05) is 10.7 Å². The van der Waals surface area contributed by atoms with Gasteiger partial charge >= 0.3 is 0 Å². The van der Waals surface area contributed by atoms with E-state index in [2.05, 4.69) is 10.0 Å². The monoisotopic (exact) mass is 382 g/mol. The van der Waals surface area contributed by atoms with Crippen LogP contribution in [0.25, 0.3) is 0 Å². The second-order valence-electron chi connectivity index (χ2n) is 5.52. The molecule has 0 aliphatic carbocycles. The molecule has 8 heteroatoms. The molecule has 0 aliphatic rings. The Morgan fingerprint density at radius 1 is 1.08 bits per heavy atom. The number of rotatable bonds is 7. The van der Waals surface area contributed by atoms with Crippen LogP contribution >= 0.6 is 11.6 Å². The van der Waals surface area contributed by atoms with Crippen molar-refractivity contribution in [1.29, 1.82) is 0 Å². The summed E-state index contributed by atoms with van der Waals surface area (Å²) >= 11 is 5.73. The van der Waals surface area contributed by atoms with Gasteiger partial charge < -0.3 is 10.1 Å². The highest BCUT2D eigenvalue weighted by Gasteiger charge is 2.15. The van der Waals surface area contributed by atoms with Gasteiger partial charge in [0.05, 0.1) is 17.5 Å². The maximum Gasteiger partial charge on any atom is 0.241 e. The predicted molar refractivity (Wildman–Crippen MR) is 97.5 cm³/mol. The lowest BCUT2D eigenvalue weighted by molar-refractivity contribution is -0.115. The number of anilines is 1. The zero-order valence-corrected chi connectivity index (χ0v) is 15.4. The van der Waals surface area contributed by atoms with Crippen LogP contribution in [0.5, 0.6) is 5.75 Å². The molecule has 0 radical (unpaired) electrons. The normalized spacial score (nSPS) is 11.4. The van der Waals surface area contributed by atoms with Crippen LogP contribution in [0.2, 0.25) is 5.02 Å². The van der Waals surface area contributed by atoms with E-state index in [-0.39, 0.29) is 17.5 Å². The molecule has 0 heterocycles. The van der Waals surface area contributed by atoms with Crippen LogP contribution in [-0.4, -0.2) is 27.0 Å². The van der Waals surface area contributed by atoms with Crippen molar-refractivity contribution in [3.8, 4) is 5.75 Å². The largest absolute Gasteiger partial charge is 0.491 e. The zero-order chi connectivity index (χ0) is 18.4. The van der Waals surface area contributed by atoms with E-state index >= 15 is 0 Å². The summed E-state index contributed by atoms with van der Waals surface area (Å²) in [4.78, 5) is 12.0. The van der Waals surface area contributed by atoms with Crippen molar-refractivity contribution in [2.45, 2.75) is 24.8 Å². The van der Waals surface area contributed by atoms with Crippen molar-refractivity contribution in [2.75, 3.05) is 11.9 Å². The number of nitrogens with one attached hydrogen (secondary N) is 2. The maximum absolute atomic E-state index is 12.1. The Bertz CT molecular complexity index is 819. The molecule has 2 aromatic rings. The van der Waals surface area contributed by atoms with E-state index in [0.717, 1.165) is 0 Å². The first-order valence-corrected chi connectivity index (χ1v) is 9.44. The molecule has 134 valence electrons. The third-order valence-corrected chi connectivity index (χ3v) is 4.73. The summed E-state index contributed by atoms with van der Waals surface area (Å²) < 4.78 is 31.9. The van der Waals surface area contributed by atoms with E-state index in [0.29, 0.717) is 16.5 Å². The first-order chi connectivity index (χ1) is 11.8. The van der Waals surface area contributed by atoms with Crippen LogP contribution in [0, 0.1) is 0 Å².